The maximum atomic E-state index is 4.34. The predicted molar refractivity (Wildman–Crippen MR) is 65.6 cm³/mol. The Morgan fingerprint density at radius 3 is 2.94 bits per heavy atom. The summed E-state index contributed by atoms with van der Waals surface area (Å²) in [4.78, 5) is 8.63. The van der Waals surface area contributed by atoms with Crippen molar-refractivity contribution in [3.8, 4) is 0 Å². The fourth-order valence-corrected chi connectivity index (χ4v) is 1.86. The Hall–Kier alpha value is -1.64. The van der Waals surface area contributed by atoms with Gasteiger partial charge in [0.25, 0.3) is 0 Å². The van der Waals surface area contributed by atoms with Crippen LogP contribution in [0.1, 0.15) is 25.3 Å². The fraction of sp³-hybridized carbons (Fsp3) is 0.385. The standard InChI is InChI=1S/C13H15N3/c1-2-9-3-6-12-11(7-9)13(15-8-14-12)16-10-4-5-10/h3,6-8,10H,2,4-5H2,1H3,(H,14,15,16). The molecular weight excluding hydrogens is 198 g/mol. The molecule has 1 aliphatic rings. The van der Waals surface area contributed by atoms with Crippen LogP contribution in [0.15, 0.2) is 24.5 Å². The number of nitrogens with one attached hydrogen (secondary N) is 1. The first-order valence-corrected chi connectivity index (χ1v) is 5.87. The van der Waals surface area contributed by atoms with Gasteiger partial charge in [-0.3, -0.25) is 0 Å². The Labute approximate surface area is 94.9 Å². The molecule has 1 saturated carbocycles. The van der Waals surface area contributed by atoms with Gasteiger partial charge in [-0.1, -0.05) is 13.0 Å². The molecule has 0 atom stereocenters. The van der Waals surface area contributed by atoms with Crippen LogP contribution in [0.3, 0.4) is 0 Å². The predicted octanol–water partition coefficient (Wildman–Crippen LogP) is 2.77. The van der Waals surface area contributed by atoms with Crippen LogP contribution < -0.4 is 5.32 Å². The first-order valence-electron chi connectivity index (χ1n) is 5.87. The third kappa shape index (κ3) is 1.73. The molecule has 1 aliphatic carbocycles. The zero-order valence-corrected chi connectivity index (χ0v) is 9.40. The van der Waals surface area contributed by atoms with Gasteiger partial charge in [0.2, 0.25) is 0 Å². The third-order valence-corrected chi connectivity index (χ3v) is 3.03. The van der Waals surface area contributed by atoms with Gasteiger partial charge in [0.05, 0.1) is 5.52 Å². The Bertz CT molecular complexity index is 518. The van der Waals surface area contributed by atoms with Gasteiger partial charge in [-0.2, -0.15) is 0 Å². The zero-order chi connectivity index (χ0) is 11.0. The average Bonchev–Trinajstić information content (AvgIpc) is 3.13. The van der Waals surface area contributed by atoms with E-state index in [2.05, 4.69) is 40.4 Å². The molecule has 0 unspecified atom stereocenters. The molecule has 16 heavy (non-hydrogen) atoms. The maximum Gasteiger partial charge on any atom is 0.137 e. The number of nitrogens with zero attached hydrogens (tertiary/aromatic N) is 2. The van der Waals surface area contributed by atoms with Crippen LogP contribution in [0.4, 0.5) is 5.82 Å². The highest BCUT2D eigenvalue weighted by molar-refractivity contribution is 5.89. The summed E-state index contributed by atoms with van der Waals surface area (Å²) in [6.07, 6.45) is 5.21. The van der Waals surface area contributed by atoms with E-state index < -0.39 is 0 Å². The number of benzene rings is 1. The molecule has 0 amide bonds. The van der Waals surface area contributed by atoms with Crippen molar-refractivity contribution in [3.05, 3.63) is 30.1 Å². The van der Waals surface area contributed by atoms with Crippen LogP contribution in [0.2, 0.25) is 0 Å². The number of anilines is 1. The van der Waals surface area contributed by atoms with Gasteiger partial charge in [0.1, 0.15) is 12.1 Å². The summed E-state index contributed by atoms with van der Waals surface area (Å²) in [7, 11) is 0. The second kappa shape index (κ2) is 3.74. The number of hydrogen-bond donors (Lipinski definition) is 1. The topological polar surface area (TPSA) is 37.8 Å². The summed E-state index contributed by atoms with van der Waals surface area (Å²) < 4.78 is 0. The lowest BCUT2D eigenvalue weighted by atomic mass is 10.1. The monoisotopic (exact) mass is 213 g/mol. The minimum Gasteiger partial charge on any atom is -0.367 e. The third-order valence-electron chi connectivity index (χ3n) is 3.03. The van der Waals surface area contributed by atoms with Crippen molar-refractivity contribution >= 4 is 16.7 Å². The van der Waals surface area contributed by atoms with Crippen LogP contribution in [-0.4, -0.2) is 16.0 Å². The van der Waals surface area contributed by atoms with E-state index in [1.807, 2.05) is 0 Å². The molecule has 3 rings (SSSR count). The minimum absolute atomic E-state index is 0.628. The molecular formula is C13H15N3. The molecule has 1 fully saturated rings. The molecule has 0 saturated heterocycles. The number of fused-ring (bicyclic) bond motifs is 1. The largest absolute Gasteiger partial charge is 0.367 e. The molecule has 0 bridgehead atoms. The lowest BCUT2D eigenvalue weighted by Crippen LogP contribution is -2.04. The van der Waals surface area contributed by atoms with Crippen molar-refractivity contribution in [1.82, 2.24) is 9.97 Å². The molecule has 3 nitrogen and oxygen atoms in total. The van der Waals surface area contributed by atoms with Crippen LogP contribution in [0.5, 0.6) is 0 Å². The highest BCUT2D eigenvalue weighted by Crippen LogP contribution is 2.27. The van der Waals surface area contributed by atoms with Gasteiger partial charge in [0, 0.05) is 11.4 Å². The molecule has 3 heteroatoms. The van der Waals surface area contributed by atoms with Crippen LogP contribution in [-0.2, 0) is 6.42 Å². The van der Waals surface area contributed by atoms with Crippen molar-refractivity contribution in [2.45, 2.75) is 32.2 Å². The summed E-state index contributed by atoms with van der Waals surface area (Å²) in [6, 6.07) is 7.04. The molecule has 1 heterocycles. The zero-order valence-electron chi connectivity index (χ0n) is 9.40. The molecule has 82 valence electrons. The lowest BCUT2D eigenvalue weighted by Gasteiger charge is -2.07. The summed E-state index contributed by atoms with van der Waals surface area (Å²) in [5.41, 5.74) is 2.36. The molecule has 1 N–H and O–H groups in total. The highest BCUT2D eigenvalue weighted by Gasteiger charge is 2.22. The van der Waals surface area contributed by atoms with E-state index in [9.17, 15) is 0 Å². The fourth-order valence-electron chi connectivity index (χ4n) is 1.86. The van der Waals surface area contributed by atoms with Gasteiger partial charge in [0.15, 0.2) is 0 Å². The summed E-state index contributed by atoms with van der Waals surface area (Å²) in [5, 5.41) is 4.61. The smallest absolute Gasteiger partial charge is 0.137 e. The van der Waals surface area contributed by atoms with Crippen molar-refractivity contribution in [1.29, 1.82) is 0 Å². The second-order valence-corrected chi connectivity index (χ2v) is 4.35. The molecule has 1 aromatic carbocycles. The summed E-state index contributed by atoms with van der Waals surface area (Å²) in [5.74, 6) is 0.989. The van der Waals surface area contributed by atoms with E-state index in [-0.39, 0.29) is 0 Å². The van der Waals surface area contributed by atoms with Crippen molar-refractivity contribution in [2.75, 3.05) is 5.32 Å². The SMILES string of the molecule is CCc1ccc2ncnc(NC3CC3)c2c1. The first-order chi connectivity index (χ1) is 7.86. The number of rotatable bonds is 3. The van der Waals surface area contributed by atoms with Gasteiger partial charge in [-0.25, -0.2) is 9.97 Å². The van der Waals surface area contributed by atoms with E-state index >= 15 is 0 Å². The van der Waals surface area contributed by atoms with Gasteiger partial charge in [-0.15, -0.1) is 0 Å². The van der Waals surface area contributed by atoms with E-state index in [0.717, 1.165) is 23.1 Å². The van der Waals surface area contributed by atoms with Crippen LogP contribution in [0.25, 0.3) is 10.9 Å². The highest BCUT2D eigenvalue weighted by atomic mass is 15.1. The number of aromatic nitrogens is 2. The number of hydrogen-bond acceptors (Lipinski definition) is 3. The van der Waals surface area contributed by atoms with E-state index in [0.29, 0.717) is 6.04 Å². The van der Waals surface area contributed by atoms with Crippen molar-refractivity contribution in [3.63, 3.8) is 0 Å². The lowest BCUT2D eigenvalue weighted by molar-refractivity contribution is 1.10. The van der Waals surface area contributed by atoms with Crippen LogP contribution >= 0.6 is 0 Å². The Kier molecular flexibility index (Phi) is 2.24. The summed E-state index contributed by atoms with van der Waals surface area (Å²) in [6.45, 7) is 2.17. The Balaban J connectivity index is 2.10. The molecule has 0 radical (unpaired) electrons. The number of aryl methyl sites for hydroxylation is 1. The molecule has 0 aliphatic heterocycles. The van der Waals surface area contributed by atoms with Crippen LogP contribution in [0, 0.1) is 0 Å². The normalized spacial score (nSPS) is 15.3. The Morgan fingerprint density at radius 1 is 1.31 bits per heavy atom. The van der Waals surface area contributed by atoms with Gasteiger partial charge < -0.3 is 5.32 Å². The Morgan fingerprint density at radius 2 is 2.19 bits per heavy atom. The van der Waals surface area contributed by atoms with Crippen molar-refractivity contribution < 1.29 is 0 Å². The quantitative estimate of drug-likeness (QED) is 0.852. The minimum atomic E-state index is 0.628. The second-order valence-electron chi connectivity index (χ2n) is 4.35. The maximum absolute atomic E-state index is 4.34. The van der Waals surface area contributed by atoms with Gasteiger partial charge >= 0.3 is 0 Å². The van der Waals surface area contributed by atoms with Gasteiger partial charge in [-0.05, 0) is 37.0 Å². The van der Waals surface area contributed by atoms with E-state index in [1.165, 1.54) is 18.4 Å². The molecule has 1 aromatic heterocycles. The van der Waals surface area contributed by atoms with Crippen molar-refractivity contribution in [2.24, 2.45) is 0 Å². The first kappa shape index (κ1) is 9.58. The molecule has 2 aromatic rings. The van der Waals surface area contributed by atoms with E-state index in [4.69, 9.17) is 0 Å². The molecule has 0 spiro atoms. The summed E-state index contributed by atoms with van der Waals surface area (Å²) >= 11 is 0. The average molecular weight is 213 g/mol. The van der Waals surface area contributed by atoms with E-state index in [1.54, 1.807) is 6.33 Å².